The lowest BCUT2D eigenvalue weighted by molar-refractivity contribution is 0.0954. The molecule has 0 saturated carbocycles. The number of ether oxygens (including phenoxy) is 1. The largest absolute Gasteiger partial charge is 0.492 e. The first kappa shape index (κ1) is 29.2. The predicted octanol–water partition coefficient (Wildman–Crippen LogP) is 5.46. The van der Waals surface area contributed by atoms with Gasteiger partial charge in [0.1, 0.15) is 12.4 Å². The van der Waals surface area contributed by atoms with Crippen molar-refractivity contribution in [2.75, 3.05) is 27.2 Å². The highest BCUT2D eigenvalue weighted by molar-refractivity contribution is 5.99. The van der Waals surface area contributed by atoms with Crippen molar-refractivity contribution in [2.45, 2.75) is 13.3 Å². The molecule has 4 aromatic rings. The van der Waals surface area contributed by atoms with Crippen LogP contribution in [0.3, 0.4) is 0 Å². The minimum atomic E-state index is -0.386. The zero-order valence-corrected chi connectivity index (χ0v) is 24.0. The Bertz CT molecular complexity index is 1570. The van der Waals surface area contributed by atoms with Crippen LogP contribution in [0.1, 0.15) is 46.0 Å². The second-order valence-electron chi connectivity index (χ2n) is 9.94. The molecule has 41 heavy (non-hydrogen) atoms. The molecule has 1 N–H and O–H groups in total. The first-order chi connectivity index (χ1) is 19.9. The number of benzene rings is 3. The Hall–Kier alpha value is -4.75. The zero-order chi connectivity index (χ0) is 29.2. The number of amides is 1. The van der Waals surface area contributed by atoms with Gasteiger partial charge in [-0.05, 0) is 72.1 Å². The summed E-state index contributed by atoms with van der Waals surface area (Å²) in [5.74, 6) is 0.460. The number of nitrogens with one attached hydrogen (secondary N) is 1. The molecule has 0 aliphatic carbocycles. The van der Waals surface area contributed by atoms with Crippen LogP contribution in [0.5, 0.6) is 5.75 Å². The fourth-order valence-corrected chi connectivity index (χ4v) is 4.44. The first-order valence-corrected chi connectivity index (χ1v) is 13.6. The summed E-state index contributed by atoms with van der Waals surface area (Å²) >= 11 is 0. The van der Waals surface area contributed by atoms with Crippen LogP contribution in [0.25, 0.3) is 11.1 Å². The summed E-state index contributed by atoms with van der Waals surface area (Å²) in [5.41, 5.74) is 9.32. The van der Waals surface area contributed by atoms with Gasteiger partial charge >= 0.3 is 0 Å². The fourth-order valence-electron chi connectivity index (χ4n) is 4.44. The van der Waals surface area contributed by atoms with Gasteiger partial charge in [-0.1, -0.05) is 73.7 Å². The van der Waals surface area contributed by atoms with Gasteiger partial charge in [-0.3, -0.25) is 9.59 Å². The molecule has 7 heteroatoms. The molecule has 0 saturated heterocycles. The van der Waals surface area contributed by atoms with Crippen molar-refractivity contribution in [1.29, 1.82) is 0 Å². The molecule has 0 fully saturated rings. The quantitative estimate of drug-likeness (QED) is 0.153. The van der Waals surface area contributed by atoms with Gasteiger partial charge in [0.25, 0.3) is 5.91 Å². The summed E-state index contributed by atoms with van der Waals surface area (Å²) in [7, 11) is 5.66. The molecule has 1 amide bonds. The van der Waals surface area contributed by atoms with E-state index in [1.54, 1.807) is 13.3 Å². The maximum atomic E-state index is 12.4. The Morgan fingerprint density at radius 2 is 1.51 bits per heavy atom. The molecule has 7 nitrogen and oxygen atoms in total. The summed E-state index contributed by atoms with van der Waals surface area (Å²) in [5, 5.41) is 4.11. The fraction of sp³-hybridized carbons (Fsp3) is 0.206. The molecule has 0 unspecified atom stereocenters. The topological polar surface area (TPSA) is 75.9 Å². The van der Waals surface area contributed by atoms with E-state index in [2.05, 4.69) is 70.9 Å². The van der Waals surface area contributed by atoms with Gasteiger partial charge in [0.05, 0.1) is 11.8 Å². The molecule has 210 valence electrons. The highest BCUT2D eigenvalue weighted by atomic mass is 16.5. The number of rotatable bonds is 11. The summed E-state index contributed by atoms with van der Waals surface area (Å²) in [6, 6.07) is 29.7. The Kier molecular flexibility index (Phi) is 10.0. The summed E-state index contributed by atoms with van der Waals surface area (Å²) < 4.78 is 7.28. The van der Waals surface area contributed by atoms with E-state index in [1.807, 2.05) is 44.4 Å². The minimum Gasteiger partial charge on any atom is -0.492 e. The van der Waals surface area contributed by atoms with Gasteiger partial charge in [0.2, 0.25) is 5.56 Å². The summed E-state index contributed by atoms with van der Waals surface area (Å²) in [6.07, 6.45) is 3.95. The van der Waals surface area contributed by atoms with Crippen LogP contribution in [0.2, 0.25) is 0 Å². The number of nitrogens with zero attached hydrogens (tertiary/aromatic N) is 3. The van der Waals surface area contributed by atoms with E-state index in [0.717, 1.165) is 41.0 Å². The molecule has 3 aromatic carbocycles. The van der Waals surface area contributed by atoms with Gasteiger partial charge in [0, 0.05) is 25.9 Å². The van der Waals surface area contributed by atoms with E-state index < -0.39 is 0 Å². The lowest BCUT2D eigenvalue weighted by atomic mass is 9.88. The number of carbonyl (C=O) groups is 1. The van der Waals surface area contributed by atoms with Gasteiger partial charge in [-0.2, -0.15) is 5.10 Å². The van der Waals surface area contributed by atoms with E-state index in [0.29, 0.717) is 12.2 Å². The lowest BCUT2D eigenvalue weighted by Crippen LogP contribution is -2.22. The number of allylic oxidation sites excluding steroid dienone is 1. The van der Waals surface area contributed by atoms with E-state index in [9.17, 15) is 9.59 Å². The van der Waals surface area contributed by atoms with E-state index >= 15 is 0 Å². The van der Waals surface area contributed by atoms with Crippen LogP contribution in [0.15, 0.2) is 107 Å². The number of hydrogen-bond donors (Lipinski definition) is 1. The number of carbonyl (C=O) groups excluding carboxylic acids is 1. The van der Waals surface area contributed by atoms with Crippen molar-refractivity contribution in [3.63, 3.8) is 0 Å². The molecule has 0 spiro atoms. The number of hydrogen-bond acceptors (Lipinski definition) is 5. The average molecular weight is 549 g/mol. The van der Waals surface area contributed by atoms with Crippen molar-refractivity contribution in [1.82, 2.24) is 14.9 Å². The van der Waals surface area contributed by atoms with Crippen molar-refractivity contribution in [3.8, 4) is 5.75 Å². The molecule has 0 aliphatic heterocycles. The third-order valence-electron chi connectivity index (χ3n) is 6.65. The Morgan fingerprint density at radius 3 is 2.12 bits per heavy atom. The molecule has 0 bridgehead atoms. The Morgan fingerprint density at radius 1 is 0.878 bits per heavy atom. The molecular weight excluding hydrogens is 512 g/mol. The predicted molar refractivity (Wildman–Crippen MR) is 166 cm³/mol. The maximum absolute atomic E-state index is 12.4. The molecule has 0 aliphatic rings. The van der Waals surface area contributed by atoms with E-state index in [4.69, 9.17) is 4.74 Å². The molecule has 1 heterocycles. The van der Waals surface area contributed by atoms with Crippen molar-refractivity contribution in [2.24, 2.45) is 12.1 Å². The molecular formula is C34H36N4O3. The number of pyridine rings is 1. The second-order valence-corrected chi connectivity index (χ2v) is 9.94. The van der Waals surface area contributed by atoms with Crippen LogP contribution in [-0.4, -0.2) is 48.8 Å². The molecule has 0 radical (unpaired) electrons. The normalized spacial score (nSPS) is 11.9. The average Bonchev–Trinajstić information content (AvgIpc) is 2.98. The van der Waals surface area contributed by atoms with Gasteiger partial charge < -0.3 is 14.2 Å². The van der Waals surface area contributed by atoms with Crippen molar-refractivity contribution in [3.05, 3.63) is 135 Å². The van der Waals surface area contributed by atoms with E-state index in [-0.39, 0.29) is 11.5 Å². The summed E-state index contributed by atoms with van der Waals surface area (Å²) in [6.45, 7) is 3.66. The van der Waals surface area contributed by atoms with Crippen LogP contribution in [0.4, 0.5) is 0 Å². The maximum Gasteiger partial charge on any atom is 0.272 e. The van der Waals surface area contributed by atoms with Crippen LogP contribution in [-0.2, 0) is 7.05 Å². The SMILES string of the molecule is CC/C(=C(\c1ccc(/C=N/NC(=O)c2ccc(=O)n(C)c2)cc1)c1ccc(OCCN(C)C)cc1)c1ccccc1. The lowest BCUT2D eigenvalue weighted by Gasteiger charge is -2.17. The van der Waals surface area contributed by atoms with Crippen molar-refractivity contribution >= 4 is 23.3 Å². The van der Waals surface area contributed by atoms with Crippen LogP contribution < -0.4 is 15.7 Å². The Labute approximate surface area is 241 Å². The smallest absolute Gasteiger partial charge is 0.272 e. The second kappa shape index (κ2) is 14.1. The van der Waals surface area contributed by atoms with Gasteiger partial charge in [-0.25, -0.2) is 5.43 Å². The number of aromatic nitrogens is 1. The Balaban J connectivity index is 1.58. The number of aryl methyl sites for hydroxylation is 1. The third-order valence-corrected chi connectivity index (χ3v) is 6.65. The first-order valence-electron chi connectivity index (χ1n) is 13.6. The summed E-state index contributed by atoms with van der Waals surface area (Å²) in [4.78, 5) is 26.1. The van der Waals surface area contributed by atoms with Gasteiger partial charge in [0.15, 0.2) is 0 Å². The van der Waals surface area contributed by atoms with E-state index in [1.165, 1.54) is 34.0 Å². The number of hydrazone groups is 1. The highest BCUT2D eigenvalue weighted by Gasteiger charge is 2.13. The molecule has 1 aromatic heterocycles. The van der Waals surface area contributed by atoms with Crippen LogP contribution >= 0.6 is 0 Å². The monoisotopic (exact) mass is 548 g/mol. The van der Waals surface area contributed by atoms with Gasteiger partial charge in [-0.15, -0.1) is 0 Å². The molecule has 0 atom stereocenters. The zero-order valence-electron chi connectivity index (χ0n) is 24.0. The van der Waals surface area contributed by atoms with Crippen LogP contribution in [0, 0.1) is 0 Å². The van der Waals surface area contributed by atoms with Crippen molar-refractivity contribution < 1.29 is 9.53 Å². The third kappa shape index (κ3) is 7.90. The minimum absolute atomic E-state index is 0.179. The highest BCUT2D eigenvalue weighted by Crippen LogP contribution is 2.35. The number of likely N-dealkylation sites (N-methyl/N-ethyl adjacent to an activating group) is 1. The standard InChI is InChI=1S/C34H36N4O3/c1-5-31(26-9-7-6-8-10-26)33(28-15-18-30(19-16-28)41-22-21-37(2)3)27-13-11-25(12-14-27)23-35-36-34(40)29-17-20-32(39)38(4)24-29/h6-20,23-24H,5,21-22H2,1-4H3,(H,36,40)/b33-31-,35-23+. The molecule has 4 rings (SSSR count).